The van der Waals surface area contributed by atoms with Crippen LogP contribution in [0.25, 0.3) is 0 Å². The van der Waals surface area contributed by atoms with Crippen molar-refractivity contribution in [3.8, 4) is 0 Å². The molecular weight excluding hydrogens is 293 g/mol. The number of aryl methyl sites for hydroxylation is 1. The third-order valence-electron chi connectivity index (χ3n) is 3.82. The zero-order valence-corrected chi connectivity index (χ0v) is 12.5. The Balaban J connectivity index is 1.94. The summed E-state index contributed by atoms with van der Waals surface area (Å²) in [6, 6.07) is 3.43. The fourth-order valence-electron chi connectivity index (χ4n) is 2.66. The smallest absolute Gasteiger partial charge is 0.139 e. The van der Waals surface area contributed by atoms with Gasteiger partial charge in [0.05, 0.1) is 4.47 Å². The predicted octanol–water partition coefficient (Wildman–Crippen LogP) is 5.28. The second-order valence-electron chi connectivity index (χ2n) is 5.32. The lowest BCUT2D eigenvalue weighted by Gasteiger charge is -2.17. The van der Waals surface area contributed by atoms with Gasteiger partial charge in [0.15, 0.2) is 0 Å². The molecule has 1 aliphatic carbocycles. The summed E-state index contributed by atoms with van der Waals surface area (Å²) >= 11 is 3.22. The Morgan fingerprint density at radius 3 is 2.56 bits per heavy atom. The molecule has 0 bridgehead atoms. The van der Waals surface area contributed by atoms with Crippen molar-refractivity contribution in [3.63, 3.8) is 0 Å². The van der Waals surface area contributed by atoms with E-state index in [1.807, 2.05) is 13.0 Å². The number of nitrogens with one attached hydrogen (secondary N) is 1. The van der Waals surface area contributed by atoms with E-state index in [1.165, 1.54) is 38.5 Å². The van der Waals surface area contributed by atoms with Crippen LogP contribution < -0.4 is 5.32 Å². The molecule has 0 aromatic heterocycles. The number of hydrogen-bond acceptors (Lipinski definition) is 1. The van der Waals surface area contributed by atoms with Gasteiger partial charge in [0, 0.05) is 12.2 Å². The summed E-state index contributed by atoms with van der Waals surface area (Å²) < 4.78 is 14.0. The van der Waals surface area contributed by atoms with Gasteiger partial charge in [-0.25, -0.2) is 4.39 Å². The highest BCUT2D eigenvalue weighted by Gasteiger charge is 2.13. The number of hydrogen-bond donors (Lipinski definition) is 1. The van der Waals surface area contributed by atoms with E-state index in [0.29, 0.717) is 4.47 Å². The van der Waals surface area contributed by atoms with Gasteiger partial charge in [-0.05, 0) is 59.3 Å². The van der Waals surface area contributed by atoms with E-state index in [-0.39, 0.29) is 5.82 Å². The molecule has 0 aliphatic heterocycles. The summed E-state index contributed by atoms with van der Waals surface area (Å²) in [5.41, 5.74) is 2.02. The highest BCUT2D eigenvalue weighted by molar-refractivity contribution is 9.10. The van der Waals surface area contributed by atoms with Crippen molar-refractivity contribution >= 4 is 21.6 Å². The Hall–Kier alpha value is -0.570. The molecule has 3 heteroatoms. The molecule has 0 spiro atoms. The third kappa shape index (κ3) is 3.71. The zero-order valence-electron chi connectivity index (χ0n) is 10.9. The molecule has 0 unspecified atom stereocenters. The lowest BCUT2D eigenvalue weighted by molar-refractivity contribution is 0.483. The number of rotatable bonds is 3. The van der Waals surface area contributed by atoms with Gasteiger partial charge >= 0.3 is 0 Å². The van der Waals surface area contributed by atoms with Crippen LogP contribution in [-0.2, 0) is 0 Å². The normalized spacial score (nSPS) is 17.5. The van der Waals surface area contributed by atoms with Crippen molar-refractivity contribution in [1.29, 1.82) is 0 Å². The molecule has 0 saturated heterocycles. The molecule has 0 heterocycles. The summed E-state index contributed by atoms with van der Waals surface area (Å²) in [6.07, 6.45) is 8.07. The topological polar surface area (TPSA) is 12.0 Å². The van der Waals surface area contributed by atoms with Crippen LogP contribution in [0.5, 0.6) is 0 Å². The first kappa shape index (κ1) is 13.9. The fraction of sp³-hybridized carbons (Fsp3) is 0.600. The molecule has 1 saturated carbocycles. The second kappa shape index (κ2) is 6.55. The van der Waals surface area contributed by atoms with Gasteiger partial charge < -0.3 is 5.32 Å². The minimum Gasteiger partial charge on any atom is -0.384 e. The van der Waals surface area contributed by atoms with Crippen LogP contribution in [0.2, 0.25) is 0 Å². The lowest BCUT2D eigenvalue weighted by Crippen LogP contribution is -2.14. The molecule has 0 amide bonds. The first-order valence-electron chi connectivity index (χ1n) is 6.86. The van der Waals surface area contributed by atoms with E-state index in [2.05, 4.69) is 21.2 Å². The molecule has 1 N–H and O–H groups in total. The maximum absolute atomic E-state index is 13.5. The van der Waals surface area contributed by atoms with Crippen LogP contribution in [0.3, 0.4) is 0 Å². The molecular formula is C15H21BrFN. The van der Waals surface area contributed by atoms with Gasteiger partial charge in [0.2, 0.25) is 0 Å². The molecule has 2 rings (SSSR count). The van der Waals surface area contributed by atoms with Crippen LogP contribution in [0.1, 0.15) is 44.1 Å². The molecule has 0 radical (unpaired) electrons. The predicted molar refractivity (Wildman–Crippen MR) is 78.5 cm³/mol. The molecule has 1 aliphatic rings. The van der Waals surface area contributed by atoms with E-state index < -0.39 is 0 Å². The molecule has 1 aromatic carbocycles. The molecule has 0 atom stereocenters. The minimum atomic E-state index is -0.191. The first-order chi connectivity index (χ1) is 8.66. The maximum Gasteiger partial charge on any atom is 0.139 e. The van der Waals surface area contributed by atoms with Crippen molar-refractivity contribution in [3.05, 3.63) is 28.0 Å². The van der Waals surface area contributed by atoms with E-state index in [4.69, 9.17) is 0 Å². The van der Waals surface area contributed by atoms with Gasteiger partial charge in [-0.3, -0.25) is 0 Å². The number of anilines is 1. The average Bonchev–Trinajstić information content (AvgIpc) is 2.60. The summed E-state index contributed by atoms with van der Waals surface area (Å²) in [7, 11) is 0. The van der Waals surface area contributed by atoms with Gasteiger partial charge in [-0.1, -0.05) is 25.7 Å². The van der Waals surface area contributed by atoms with E-state index in [0.717, 1.165) is 23.7 Å². The fourth-order valence-corrected chi connectivity index (χ4v) is 3.12. The largest absolute Gasteiger partial charge is 0.384 e. The highest BCUT2D eigenvalue weighted by atomic mass is 79.9. The van der Waals surface area contributed by atoms with Gasteiger partial charge in [-0.2, -0.15) is 0 Å². The van der Waals surface area contributed by atoms with Crippen LogP contribution in [-0.4, -0.2) is 6.54 Å². The van der Waals surface area contributed by atoms with E-state index in [1.54, 1.807) is 6.07 Å². The first-order valence-corrected chi connectivity index (χ1v) is 7.65. The van der Waals surface area contributed by atoms with Crippen molar-refractivity contribution in [2.75, 3.05) is 11.9 Å². The monoisotopic (exact) mass is 313 g/mol. The van der Waals surface area contributed by atoms with Gasteiger partial charge in [0.1, 0.15) is 5.82 Å². The van der Waals surface area contributed by atoms with Crippen LogP contribution in [0, 0.1) is 18.7 Å². The van der Waals surface area contributed by atoms with Crippen LogP contribution in [0.15, 0.2) is 16.6 Å². The zero-order chi connectivity index (χ0) is 13.0. The highest BCUT2D eigenvalue weighted by Crippen LogP contribution is 2.26. The lowest BCUT2D eigenvalue weighted by atomic mass is 10.0. The number of benzene rings is 1. The van der Waals surface area contributed by atoms with Gasteiger partial charge in [-0.15, -0.1) is 0 Å². The molecule has 100 valence electrons. The molecule has 1 aromatic rings. The Morgan fingerprint density at radius 1 is 1.22 bits per heavy atom. The quantitative estimate of drug-likeness (QED) is 0.749. The average molecular weight is 314 g/mol. The molecule has 18 heavy (non-hydrogen) atoms. The summed E-state index contributed by atoms with van der Waals surface area (Å²) in [4.78, 5) is 0. The summed E-state index contributed by atoms with van der Waals surface area (Å²) in [5.74, 6) is 0.558. The Morgan fingerprint density at radius 2 is 1.89 bits per heavy atom. The minimum absolute atomic E-state index is 0.191. The summed E-state index contributed by atoms with van der Waals surface area (Å²) in [5, 5.41) is 3.42. The van der Waals surface area contributed by atoms with Crippen molar-refractivity contribution in [2.24, 2.45) is 5.92 Å². The van der Waals surface area contributed by atoms with Gasteiger partial charge in [0.25, 0.3) is 0 Å². The van der Waals surface area contributed by atoms with Crippen molar-refractivity contribution in [2.45, 2.75) is 45.4 Å². The van der Waals surface area contributed by atoms with Crippen LogP contribution in [0.4, 0.5) is 10.1 Å². The van der Waals surface area contributed by atoms with E-state index in [9.17, 15) is 4.39 Å². The number of halogens is 2. The van der Waals surface area contributed by atoms with Crippen molar-refractivity contribution in [1.82, 2.24) is 0 Å². The summed E-state index contributed by atoms with van der Waals surface area (Å²) in [6.45, 7) is 2.99. The Labute approximate surface area is 117 Å². The Kier molecular flexibility index (Phi) is 5.04. The molecule has 1 nitrogen and oxygen atoms in total. The van der Waals surface area contributed by atoms with Crippen LogP contribution >= 0.6 is 15.9 Å². The SMILES string of the molecule is Cc1cc(Br)c(F)cc1NCC1CCCCCC1. The second-order valence-corrected chi connectivity index (χ2v) is 6.17. The molecule has 1 fully saturated rings. The standard InChI is InChI=1S/C15H21BrFN/c1-11-8-13(16)14(17)9-15(11)18-10-12-6-4-2-3-5-7-12/h8-9,12,18H,2-7,10H2,1H3. The Bertz CT molecular complexity index is 398. The van der Waals surface area contributed by atoms with E-state index >= 15 is 0 Å². The maximum atomic E-state index is 13.5. The third-order valence-corrected chi connectivity index (χ3v) is 4.43. The van der Waals surface area contributed by atoms with Crippen molar-refractivity contribution < 1.29 is 4.39 Å².